The minimum Gasteiger partial charge on any atom is -0.461 e. The van der Waals surface area contributed by atoms with Gasteiger partial charge in [0, 0.05) is 0 Å². The number of carbonyl (C=O) groups is 1. The molecule has 1 atom stereocenters. The molecule has 0 radical (unpaired) electrons. The van der Waals surface area contributed by atoms with E-state index in [-0.39, 0.29) is 5.41 Å². The molecule has 0 fully saturated rings. The average Bonchev–Trinajstić information content (AvgIpc) is 1.89. The maximum atomic E-state index is 10.8. The van der Waals surface area contributed by atoms with Crippen LogP contribution in [-0.4, -0.2) is 30.7 Å². The second-order valence-electron chi connectivity index (χ2n) is 2.20. The molecule has 0 aromatic heterocycles. The highest BCUT2D eigenvalue weighted by atomic mass is 32.1. The monoisotopic (exact) mass is 194 g/mol. The van der Waals surface area contributed by atoms with E-state index in [9.17, 15) is 4.79 Å². The molecule has 0 rings (SSSR count). The van der Waals surface area contributed by atoms with E-state index in [4.69, 9.17) is 4.12 Å². The molecule has 0 aliphatic carbocycles. The molecule has 0 aromatic carbocycles. The van der Waals surface area contributed by atoms with Crippen LogP contribution in [0.15, 0.2) is 0 Å². The van der Waals surface area contributed by atoms with Crippen LogP contribution in [0, 0.1) is 0 Å². The molecule has 0 amide bonds. The van der Waals surface area contributed by atoms with Crippen LogP contribution in [-0.2, 0) is 8.91 Å². The summed E-state index contributed by atoms with van der Waals surface area (Å²) in [6.07, 6.45) is 1.02. The predicted octanol–water partition coefficient (Wildman–Crippen LogP) is -0.545. The van der Waals surface area contributed by atoms with Gasteiger partial charge in [-0.15, -0.1) is 0 Å². The third kappa shape index (κ3) is 4.26. The third-order valence-corrected chi connectivity index (χ3v) is 5.79. The summed E-state index contributed by atoms with van der Waals surface area (Å²) in [5.41, 5.74) is 0. The van der Waals surface area contributed by atoms with Gasteiger partial charge in [-0.05, 0) is 25.1 Å². The molecule has 0 N–H and O–H groups in total. The quantitative estimate of drug-likeness (QED) is 0.470. The number of hydrogen-bond acceptors (Lipinski definition) is 3. The van der Waals surface area contributed by atoms with E-state index >= 15 is 0 Å². The Morgan fingerprint density at radius 1 is 1.80 bits per heavy atom. The minimum absolute atomic E-state index is 0.275. The normalized spacial score (nSPS) is 13.4. The first-order chi connectivity index (χ1) is 4.72. The van der Waals surface area contributed by atoms with Crippen molar-refractivity contribution < 1.29 is 8.91 Å². The molecule has 1 unspecified atom stereocenters. The van der Waals surface area contributed by atoms with Gasteiger partial charge in [0.2, 0.25) is 9.04 Å². The Hall–Kier alpha value is 0.414. The fraction of sp³-hybridized carbons (Fsp3) is 0.800. The number of rotatable bonds is 5. The maximum Gasteiger partial charge on any atom is 0.237 e. The third-order valence-electron chi connectivity index (χ3n) is 1.36. The summed E-state index contributed by atoms with van der Waals surface area (Å²) in [5.74, 6) is 0.863. The van der Waals surface area contributed by atoms with Crippen LogP contribution in [0.5, 0.6) is 0 Å². The van der Waals surface area contributed by atoms with Crippen LogP contribution < -0.4 is 0 Å². The SMILES string of the molecule is CC(=O)[SiH](CCCS)O[SiH3]. The standard InChI is InChI=1S/C5H14O2SSi2/c1-5(6)10(7-9)4-2-3-8/h8,10H,2-4H2,1,9H3. The van der Waals surface area contributed by atoms with Crippen molar-refractivity contribution in [1.82, 2.24) is 0 Å². The maximum absolute atomic E-state index is 10.8. The van der Waals surface area contributed by atoms with Crippen molar-refractivity contribution in [1.29, 1.82) is 0 Å². The second kappa shape index (κ2) is 6.15. The van der Waals surface area contributed by atoms with Gasteiger partial charge in [-0.3, -0.25) is 0 Å². The van der Waals surface area contributed by atoms with E-state index in [0.29, 0.717) is 10.5 Å². The van der Waals surface area contributed by atoms with E-state index in [1.807, 2.05) is 0 Å². The van der Waals surface area contributed by atoms with Crippen molar-refractivity contribution in [2.45, 2.75) is 19.4 Å². The summed E-state index contributed by atoms with van der Waals surface area (Å²) < 4.78 is 5.21. The fourth-order valence-electron chi connectivity index (χ4n) is 0.764. The molecule has 0 aliphatic heterocycles. The summed E-state index contributed by atoms with van der Waals surface area (Å²) in [7, 11) is -0.727. The Labute approximate surface area is 72.0 Å². The van der Waals surface area contributed by atoms with Gasteiger partial charge in [-0.1, -0.05) is 0 Å². The average molecular weight is 194 g/mol. The van der Waals surface area contributed by atoms with Crippen LogP contribution in [0.25, 0.3) is 0 Å². The van der Waals surface area contributed by atoms with Gasteiger partial charge in [0.15, 0.2) is 0 Å². The van der Waals surface area contributed by atoms with E-state index in [1.54, 1.807) is 6.92 Å². The van der Waals surface area contributed by atoms with Crippen molar-refractivity contribution >= 4 is 37.6 Å². The number of hydrogen-bond donors (Lipinski definition) is 1. The van der Waals surface area contributed by atoms with Gasteiger partial charge in [0.05, 0.1) is 0 Å². The lowest BCUT2D eigenvalue weighted by Crippen LogP contribution is -2.26. The molecule has 0 spiro atoms. The lowest BCUT2D eigenvalue weighted by atomic mass is 10.6. The molecule has 2 nitrogen and oxygen atoms in total. The van der Waals surface area contributed by atoms with Crippen LogP contribution >= 0.6 is 12.6 Å². The molecule has 10 heavy (non-hydrogen) atoms. The zero-order valence-electron chi connectivity index (χ0n) is 6.46. The number of thiol groups is 1. The molecule has 0 saturated carbocycles. The Balaban J connectivity index is 3.50. The molecule has 5 heteroatoms. The molecule has 0 aliphatic rings. The van der Waals surface area contributed by atoms with E-state index in [1.165, 1.54) is 0 Å². The van der Waals surface area contributed by atoms with Crippen molar-refractivity contribution in [3.63, 3.8) is 0 Å². The van der Waals surface area contributed by atoms with E-state index in [0.717, 1.165) is 18.2 Å². The molecular formula is C5H14O2SSi2. The van der Waals surface area contributed by atoms with Crippen molar-refractivity contribution in [3.05, 3.63) is 0 Å². The molecule has 0 aromatic rings. The minimum atomic E-state index is -1.43. The highest BCUT2D eigenvalue weighted by molar-refractivity contribution is 7.80. The fourth-order valence-corrected chi connectivity index (χ4v) is 4.54. The zero-order chi connectivity index (χ0) is 7.98. The first kappa shape index (κ1) is 10.4. The van der Waals surface area contributed by atoms with Crippen molar-refractivity contribution in [2.24, 2.45) is 0 Å². The highest BCUT2D eigenvalue weighted by Crippen LogP contribution is 2.00. The van der Waals surface area contributed by atoms with Gasteiger partial charge < -0.3 is 8.91 Å². The van der Waals surface area contributed by atoms with Gasteiger partial charge in [-0.2, -0.15) is 12.6 Å². The Morgan fingerprint density at radius 2 is 2.40 bits per heavy atom. The van der Waals surface area contributed by atoms with Crippen LogP contribution in [0.2, 0.25) is 6.04 Å². The number of carbonyl (C=O) groups excluding carboxylic acids is 1. The molecule has 0 saturated heterocycles. The molecular weight excluding hydrogens is 180 g/mol. The highest BCUT2D eigenvalue weighted by Gasteiger charge is 2.13. The topological polar surface area (TPSA) is 26.3 Å². The summed E-state index contributed by atoms with van der Waals surface area (Å²) in [6.45, 7) is 1.63. The summed E-state index contributed by atoms with van der Waals surface area (Å²) >= 11 is 4.07. The molecule has 0 heterocycles. The lowest BCUT2D eigenvalue weighted by molar-refractivity contribution is -0.111. The first-order valence-electron chi connectivity index (χ1n) is 3.36. The van der Waals surface area contributed by atoms with Gasteiger partial charge >= 0.3 is 0 Å². The van der Waals surface area contributed by atoms with Crippen LogP contribution in [0.4, 0.5) is 0 Å². The van der Waals surface area contributed by atoms with Gasteiger partial charge in [0.25, 0.3) is 0 Å². The van der Waals surface area contributed by atoms with Crippen molar-refractivity contribution in [2.75, 3.05) is 5.75 Å². The van der Waals surface area contributed by atoms with E-state index in [2.05, 4.69) is 12.6 Å². The predicted molar refractivity (Wildman–Crippen MR) is 52.1 cm³/mol. The van der Waals surface area contributed by atoms with Gasteiger partial charge in [-0.25, -0.2) is 0 Å². The lowest BCUT2D eigenvalue weighted by Gasteiger charge is -2.07. The second-order valence-corrected chi connectivity index (χ2v) is 6.90. The van der Waals surface area contributed by atoms with Crippen LogP contribution in [0.1, 0.15) is 13.3 Å². The first-order valence-corrected chi connectivity index (χ1v) is 6.68. The zero-order valence-corrected chi connectivity index (χ0v) is 10.5. The van der Waals surface area contributed by atoms with Crippen LogP contribution in [0.3, 0.4) is 0 Å². The Morgan fingerprint density at radius 3 is 2.70 bits per heavy atom. The van der Waals surface area contributed by atoms with E-state index < -0.39 is 9.04 Å². The molecule has 60 valence electrons. The Bertz CT molecular complexity index is 110. The summed E-state index contributed by atoms with van der Waals surface area (Å²) in [4.78, 5) is 10.8. The smallest absolute Gasteiger partial charge is 0.237 e. The Kier molecular flexibility index (Phi) is 6.40. The van der Waals surface area contributed by atoms with Crippen molar-refractivity contribution in [3.8, 4) is 0 Å². The molecule has 0 bridgehead atoms. The van der Waals surface area contributed by atoms with Gasteiger partial charge in [0.1, 0.15) is 15.9 Å². The largest absolute Gasteiger partial charge is 0.461 e. The summed E-state index contributed by atoms with van der Waals surface area (Å²) in [5, 5.41) is 0.275. The summed E-state index contributed by atoms with van der Waals surface area (Å²) in [6, 6.07) is 0.961.